The van der Waals surface area contributed by atoms with Crippen molar-refractivity contribution >= 4 is 17.4 Å². The zero-order chi connectivity index (χ0) is 22.7. The third-order valence-electron chi connectivity index (χ3n) is 4.97. The van der Waals surface area contributed by atoms with Crippen molar-refractivity contribution in [3.05, 3.63) is 48.4 Å². The number of pyridine rings is 1. The molecule has 1 atom stereocenters. The second-order valence-electron chi connectivity index (χ2n) is 7.40. The first kappa shape index (κ1) is 21.6. The number of benzene rings is 1. The molecule has 32 heavy (non-hydrogen) atoms. The molecule has 0 radical (unpaired) electrons. The summed E-state index contributed by atoms with van der Waals surface area (Å²) in [6.45, 7) is 2.91. The van der Waals surface area contributed by atoms with Gasteiger partial charge in [0, 0.05) is 31.0 Å². The van der Waals surface area contributed by atoms with Gasteiger partial charge in [-0.3, -0.25) is 4.79 Å². The second-order valence-corrected chi connectivity index (χ2v) is 7.40. The number of hydrogen-bond donors (Lipinski definition) is 1. The summed E-state index contributed by atoms with van der Waals surface area (Å²) < 4.78 is 46.3. The van der Waals surface area contributed by atoms with E-state index in [2.05, 4.69) is 25.2 Å². The van der Waals surface area contributed by atoms with E-state index in [1.54, 1.807) is 13.1 Å². The van der Waals surface area contributed by atoms with Crippen LogP contribution in [0.15, 0.2) is 47.1 Å². The first-order valence-corrected chi connectivity index (χ1v) is 9.95. The minimum atomic E-state index is -4.79. The lowest BCUT2D eigenvalue weighted by atomic mass is 9.97. The number of alkyl halides is 3. The Morgan fingerprint density at radius 2 is 2.12 bits per heavy atom. The highest BCUT2D eigenvalue weighted by molar-refractivity contribution is 5.93. The van der Waals surface area contributed by atoms with Gasteiger partial charge in [0.1, 0.15) is 11.6 Å². The van der Waals surface area contributed by atoms with Crippen LogP contribution in [-0.2, 0) is 4.79 Å². The van der Waals surface area contributed by atoms with Gasteiger partial charge in [-0.15, -0.1) is 13.2 Å². The van der Waals surface area contributed by atoms with Crippen LogP contribution in [0.5, 0.6) is 5.75 Å². The van der Waals surface area contributed by atoms with Gasteiger partial charge < -0.3 is 19.5 Å². The van der Waals surface area contributed by atoms with Crippen molar-refractivity contribution in [2.24, 2.45) is 5.92 Å². The molecule has 0 saturated carbocycles. The van der Waals surface area contributed by atoms with Crippen LogP contribution in [0.1, 0.15) is 18.7 Å². The Balaban J connectivity index is 1.39. The molecule has 3 heterocycles. The van der Waals surface area contributed by atoms with Crippen LogP contribution in [0, 0.1) is 12.8 Å². The fraction of sp³-hybridized carbons (Fsp3) is 0.333. The molecule has 1 fully saturated rings. The van der Waals surface area contributed by atoms with E-state index in [1.807, 2.05) is 17.0 Å². The molecule has 3 aromatic rings. The topological polar surface area (TPSA) is 93.4 Å². The van der Waals surface area contributed by atoms with E-state index in [0.29, 0.717) is 36.1 Å². The molecule has 4 rings (SSSR count). The maximum Gasteiger partial charge on any atom is 0.573 e. The number of piperidine rings is 1. The van der Waals surface area contributed by atoms with Crippen LogP contribution in [0.25, 0.3) is 11.5 Å². The standard InChI is InChI=1S/C21H20F3N5O3/c1-13-26-20(32-28-13)14-7-8-18(25-11-14)29-9-3-4-15(12-29)19(30)27-16-5-2-6-17(10-16)31-21(22,23)24/h2,5-8,10-11,15H,3-4,9,12H2,1H3,(H,27,30)/t15-/m0/s1. The van der Waals surface area contributed by atoms with Crippen LogP contribution in [0.3, 0.4) is 0 Å². The summed E-state index contributed by atoms with van der Waals surface area (Å²) in [5, 5.41) is 6.44. The third kappa shape index (κ3) is 5.34. The highest BCUT2D eigenvalue weighted by Crippen LogP contribution is 2.27. The summed E-state index contributed by atoms with van der Waals surface area (Å²) in [7, 11) is 0. The molecular weight excluding hydrogens is 427 g/mol. The SMILES string of the molecule is Cc1noc(-c2ccc(N3CCC[C@H](C(=O)Nc4cccc(OC(F)(F)F)c4)C3)nc2)n1. The van der Waals surface area contributed by atoms with Crippen LogP contribution in [0.2, 0.25) is 0 Å². The smallest absolute Gasteiger partial charge is 0.406 e. The molecule has 1 aromatic carbocycles. The lowest BCUT2D eigenvalue weighted by Gasteiger charge is -2.32. The van der Waals surface area contributed by atoms with E-state index in [4.69, 9.17) is 4.52 Å². The minimum absolute atomic E-state index is 0.242. The van der Waals surface area contributed by atoms with Crippen LogP contribution < -0.4 is 15.0 Å². The lowest BCUT2D eigenvalue weighted by Crippen LogP contribution is -2.41. The van der Waals surface area contributed by atoms with Crippen molar-refractivity contribution < 1.29 is 27.2 Å². The number of rotatable bonds is 5. The first-order chi connectivity index (χ1) is 15.3. The van der Waals surface area contributed by atoms with Crippen LogP contribution in [0.4, 0.5) is 24.7 Å². The van der Waals surface area contributed by atoms with Crippen molar-refractivity contribution in [2.45, 2.75) is 26.1 Å². The molecule has 8 nitrogen and oxygen atoms in total. The number of amides is 1. The number of carbonyl (C=O) groups is 1. The number of ether oxygens (including phenoxy) is 1. The molecule has 168 valence electrons. The predicted molar refractivity (Wildman–Crippen MR) is 109 cm³/mol. The number of halogens is 3. The number of nitrogens with zero attached hydrogens (tertiary/aromatic N) is 4. The average Bonchev–Trinajstić information content (AvgIpc) is 3.19. The molecular formula is C21H20F3N5O3. The monoisotopic (exact) mass is 447 g/mol. The molecule has 1 aliphatic heterocycles. The third-order valence-corrected chi connectivity index (χ3v) is 4.97. The quantitative estimate of drug-likeness (QED) is 0.627. The molecule has 1 aliphatic rings. The predicted octanol–water partition coefficient (Wildman–Crippen LogP) is 4.19. The maximum atomic E-state index is 12.7. The molecule has 0 aliphatic carbocycles. The van der Waals surface area contributed by atoms with E-state index in [9.17, 15) is 18.0 Å². The van der Waals surface area contributed by atoms with Crippen molar-refractivity contribution in [3.63, 3.8) is 0 Å². The van der Waals surface area contributed by atoms with Gasteiger partial charge in [-0.25, -0.2) is 4.98 Å². The Morgan fingerprint density at radius 1 is 1.28 bits per heavy atom. The molecule has 1 amide bonds. The number of aryl methyl sites for hydroxylation is 1. The maximum absolute atomic E-state index is 12.7. The van der Waals surface area contributed by atoms with Gasteiger partial charge >= 0.3 is 6.36 Å². The van der Waals surface area contributed by atoms with Crippen molar-refractivity contribution in [3.8, 4) is 17.2 Å². The molecule has 0 unspecified atom stereocenters. The Labute approximate surface area is 181 Å². The number of anilines is 2. The summed E-state index contributed by atoms with van der Waals surface area (Å²) in [6.07, 6.45) is -1.71. The van der Waals surface area contributed by atoms with E-state index in [0.717, 1.165) is 19.0 Å². The van der Waals surface area contributed by atoms with E-state index in [1.165, 1.54) is 18.2 Å². The van der Waals surface area contributed by atoms with E-state index in [-0.39, 0.29) is 23.3 Å². The van der Waals surface area contributed by atoms with Gasteiger partial charge in [-0.05, 0) is 44.0 Å². The highest BCUT2D eigenvalue weighted by Gasteiger charge is 2.31. The second kappa shape index (κ2) is 8.85. The lowest BCUT2D eigenvalue weighted by molar-refractivity contribution is -0.274. The Morgan fingerprint density at radius 3 is 2.81 bits per heavy atom. The van der Waals surface area contributed by atoms with Gasteiger partial charge in [0.15, 0.2) is 5.82 Å². The number of aromatic nitrogens is 3. The van der Waals surface area contributed by atoms with Crippen LogP contribution >= 0.6 is 0 Å². The van der Waals surface area contributed by atoms with Gasteiger partial charge in [0.05, 0.1) is 11.5 Å². The molecule has 1 saturated heterocycles. The molecule has 11 heteroatoms. The number of nitrogens with one attached hydrogen (secondary N) is 1. The van der Waals surface area contributed by atoms with E-state index < -0.39 is 6.36 Å². The summed E-state index contributed by atoms with van der Waals surface area (Å²) >= 11 is 0. The molecule has 1 N–H and O–H groups in total. The average molecular weight is 447 g/mol. The van der Waals surface area contributed by atoms with Crippen molar-refractivity contribution in [1.82, 2.24) is 15.1 Å². The normalized spacial score (nSPS) is 16.6. The highest BCUT2D eigenvalue weighted by atomic mass is 19.4. The molecule has 0 spiro atoms. The fourth-order valence-corrected chi connectivity index (χ4v) is 3.53. The fourth-order valence-electron chi connectivity index (χ4n) is 3.53. The van der Waals surface area contributed by atoms with Crippen molar-refractivity contribution in [1.29, 1.82) is 0 Å². The largest absolute Gasteiger partial charge is 0.573 e. The van der Waals surface area contributed by atoms with Crippen molar-refractivity contribution in [2.75, 3.05) is 23.3 Å². The zero-order valence-electron chi connectivity index (χ0n) is 17.1. The van der Waals surface area contributed by atoms with Gasteiger partial charge in [0.25, 0.3) is 5.89 Å². The Hall–Kier alpha value is -3.63. The number of hydrogen-bond acceptors (Lipinski definition) is 7. The molecule has 0 bridgehead atoms. The molecule has 2 aromatic heterocycles. The Bertz CT molecular complexity index is 1080. The summed E-state index contributed by atoms with van der Waals surface area (Å²) in [4.78, 5) is 23.4. The summed E-state index contributed by atoms with van der Waals surface area (Å²) in [6, 6.07) is 8.88. The minimum Gasteiger partial charge on any atom is -0.406 e. The van der Waals surface area contributed by atoms with E-state index >= 15 is 0 Å². The van der Waals surface area contributed by atoms with Gasteiger partial charge in [-0.2, -0.15) is 4.98 Å². The van der Waals surface area contributed by atoms with Crippen LogP contribution in [-0.4, -0.2) is 40.5 Å². The van der Waals surface area contributed by atoms with Gasteiger partial charge in [-0.1, -0.05) is 11.2 Å². The Kier molecular flexibility index (Phi) is 5.97. The first-order valence-electron chi connectivity index (χ1n) is 9.95. The summed E-state index contributed by atoms with van der Waals surface area (Å²) in [5.41, 5.74) is 0.938. The summed E-state index contributed by atoms with van der Waals surface area (Å²) in [5.74, 6) is 0.635. The number of carbonyl (C=O) groups excluding carboxylic acids is 1. The zero-order valence-corrected chi connectivity index (χ0v) is 17.1. The van der Waals surface area contributed by atoms with Gasteiger partial charge in [0.2, 0.25) is 5.91 Å².